The van der Waals surface area contributed by atoms with E-state index in [2.05, 4.69) is 13.6 Å². The molecule has 3 aliphatic rings. The van der Waals surface area contributed by atoms with Gasteiger partial charge in [0.15, 0.2) is 0 Å². The van der Waals surface area contributed by atoms with E-state index in [4.69, 9.17) is 0 Å². The molecule has 8 heavy (non-hydrogen) atoms. The largest absolute Gasteiger partial charge is 0.488 e. The predicted molar refractivity (Wildman–Crippen MR) is 23.9 cm³/mol. The summed E-state index contributed by atoms with van der Waals surface area (Å²) in [4.78, 5) is 0. The molecule has 3 heterocycles. The van der Waals surface area contributed by atoms with E-state index in [-0.39, 0.29) is 0 Å². The maximum Gasteiger partial charge on any atom is 0.488 e. The molecule has 3 aliphatic heterocycles. The van der Waals surface area contributed by atoms with Crippen molar-refractivity contribution in [2.45, 2.75) is 19.3 Å². The lowest BCUT2D eigenvalue weighted by Gasteiger charge is -2.54. The van der Waals surface area contributed by atoms with Gasteiger partial charge in [-0.3, -0.25) is 0 Å². The summed E-state index contributed by atoms with van der Waals surface area (Å²) >= 11 is 0. The Morgan fingerprint density at radius 3 is 2.12 bits per heavy atom. The van der Waals surface area contributed by atoms with Crippen LogP contribution in [0.2, 0.25) is 0 Å². The molecule has 0 saturated carbocycles. The van der Waals surface area contributed by atoms with E-state index in [1.807, 2.05) is 6.92 Å². The fourth-order valence-corrected chi connectivity index (χ4v) is 2.18. The van der Waals surface area contributed by atoms with Crippen LogP contribution in [0.5, 0.6) is 0 Å². The SMILES string of the molecule is CCC12OP(=O)(O1)O2. The Kier molecular flexibility index (Phi) is 0.632. The van der Waals surface area contributed by atoms with Gasteiger partial charge in [0, 0.05) is 6.42 Å². The molecule has 3 rings (SSSR count). The topological polar surface area (TPSA) is 44.8 Å². The second kappa shape index (κ2) is 1.02. The van der Waals surface area contributed by atoms with Gasteiger partial charge in [0.1, 0.15) is 0 Å². The lowest BCUT2D eigenvalue weighted by molar-refractivity contribution is -0.428. The molecule has 46 valence electrons. The predicted octanol–water partition coefficient (Wildman–Crippen LogP) is 1.24. The normalized spacial score (nSPS) is 59.1. The van der Waals surface area contributed by atoms with Crippen LogP contribution in [0.15, 0.2) is 0 Å². The van der Waals surface area contributed by atoms with Crippen molar-refractivity contribution in [3.05, 3.63) is 0 Å². The van der Waals surface area contributed by atoms with Crippen molar-refractivity contribution in [1.82, 2.24) is 0 Å². The lowest BCUT2D eigenvalue weighted by Crippen LogP contribution is -2.56. The van der Waals surface area contributed by atoms with E-state index in [0.29, 0.717) is 6.42 Å². The van der Waals surface area contributed by atoms with Crippen LogP contribution in [0.25, 0.3) is 0 Å². The fourth-order valence-electron chi connectivity index (χ4n) is 0.725. The van der Waals surface area contributed by atoms with Gasteiger partial charge in [-0.2, -0.15) is 0 Å². The highest BCUT2D eigenvalue weighted by atomic mass is 31.2. The van der Waals surface area contributed by atoms with Crippen LogP contribution in [0.1, 0.15) is 13.3 Å². The molecule has 0 aromatic carbocycles. The number of phosphoric acid groups is 1. The van der Waals surface area contributed by atoms with Crippen LogP contribution in [0.3, 0.4) is 0 Å². The summed E-state index contributed by atoms with van der Waals surface area (Å²) in [5.74, 6) is -0.893. The molecular weight excluding hydrogens is 131 g/mol. The number of rotatable bonds is 1. The van der Waals surface area contributed by atoms with Gasteiger partial charge in [-0.15, -0.1) is 0 Å². The van der Waals surface area contributed by atoms with Crippen LogP contribution in [0, 0.1) is 0 Å². The van der Waals surface area contributed by atoms with Crippen molar-refractivity contribution >= 4 is 7.82 Å². The van der Waals surface area contributed by atoms with E-state index in [1.54, 1.807) is 0 Å². The first-order valence-electron chi connectivity index (χ1n) is 2.40. The molecular formula is C3H5O4P. The first-order valence-corrected chi connectivity index (χ1v) is 3.86. The van der Waals surface area contributed by atoms with Gasteiger partial charge in [-0.1, -0.05) is 6.92 Å². The van der Waals surface area contributed by atoms with Gasteiger partial charge in [-0.25, -0.2) is 18.1 Å². The molecule has 0 aliphatic carbocycles. The summed E-state index contributed by atoms with van der Waals surface area (Å²) in [6.07, 6.45) is 0.594. The summed E-state index contributed by atoms with van der Waals surface area (Å²) in [6.45, 7) is 1.84. The second-order valence-corrected chi connectivity index (χ2v) is 3.20. The van der Waals surface area contributed by atoms with Crippen LogP contribution in [-0.2, 0) is 18.1 Å². The quantitative estimate of drug-likeness (QED) is 0.508. The Bertz CT molecular complexity index is 150. The van der Waals surface area contributed by atoms with Gasteiger partial charge in [-0.05, 0) is 0 Å². The molecule has 2 bridgehead atoms. The standard InChI is InChI=1S/C3H5O4P/c1-2-3-5-8(4,6-3)7-3/h2H2,1H3. The second-order valence-electron chi connectivity index (χ2n) is 1.76. The summed E-state index contributed by atoms with van der Waals surface area (Å²) in [5, 5.41) is 0. The molecule has 3 fully saturated rings. The Hall–Kier alpha value is 0.110. The Balaban J connectivity index is 2.14. The molecule has 0 amide bonds. The molecule has 0 aromatic rings. The first-order chi connectivity index (χ1) is 3.68. The third-order valence-corrected chi connectivity index (χ3v) is 2.69. The summed E-state index contributed by atoms with van der Waals surface area (Å²) in [6, 6.07) is 0. The molecule has 5 heteroatoms. The molecule has 0 aromatic heterocycles. The minimum atomic E-state index is -2.90. The van der Waals surface area contributed by atoms with E-state index in [9.17, 15) is 4.57 Å². The van der Waals surface area contributed by atoms with Crippen molar-refractivity contribution in [3.8, 4) is 0 Å². The van der Waals surface area contributed by atoms with Gasteiger partial charge in [0.25, 0.3) is 0 Å². The Morgan fingerprint density at radius 2 is 2.00 bits per heavy atom. The minimum absolute atomic E-state index is 0.594. The molecule has 0 N–H and O–H groups in total. The average molecular weight is 136 g/mol. The third kappa shape index (κ3) is 0.358. The number of hydrogen-bond donors (Lipinski definition) is 0. The maximum absolute atomic E-state index is 10.4. The average Bonchev–Trinajstić information content (AvgIpc) is 1.55. The van der Waals surface area contributed by atoms with Gasteiger partial charge >= 0.3 is 13.8 Å². The Morgan fingerprint density at radius 1 is 1.50 bits per heavy atom. The zero-order valence-corrected chi connectivity index (χ0v) is 5.18. The van der Waals surface area contributed by atoms with Crippen molar-refractivity contribution in [1.29, 1.82) is 0 Å². The van der Waals surface area contributed by atoms with E-state index >= 15 is 0 Å². The van der Waals surface area contributed by atoms with Gasteiger partial charge < -0.3 is 0 Å². The van der Waals surface area contributed by atoms with Crippen molar-refractivity contribution in [2.24, 2.45) is 0 Å². The zero-order chi connectivity index (χ0) is 5.83. The highest BCUT2D eigenvalue weighted by Crippen LogP contribution is 2.80. The van der Waals surface area contributed by atoms with Crippen LogP contribution < -0.4 is 0 Å². The summed E-state index contributed by atoms with van der Waals surface area (Å²) in [5.41, 5.74) is 0. The molecule has 0 spiro atoms. The summed E-state index contributed by atoms with van der Waals surface area (Å²) < 4.78 is 24.4. The molecule has 4 nitrogen and oxygen atoms in total. The zero-order valence-electron chi connectivity index (χ0n) is 4.29. The molecule has 3 saturated heterocycles. The van der Waals surface area contributed by atoms with E-state index in [1.165, 1.54) is 0 Å². The van der Waals surface area contributed by atoms with Crippen molar-refractivity contribution in [3.63, 3.8) is 0 Å². The number of hydrogen-bond acceptors (Lipinski definition) is 4. The van der Waals surface area contributed by atoms with Crippen LogP contribution in [0.4, 0.5) is 0 Å². The smallest absolute Gasteiger partial charge is 0.227 e. The first kappa shape index (κ1) is 4.94. The molecule has 0 atom stereocenters. The lowest BCUT2D eigenvalue weighted by atomic mass is 10.4. The van der Waals surface area contributed by atoms with Gasteiger partial charge in [0.05, 0.1) is 0 Å². The maximum atomic E-state index is 10.4. The van der Waals surface area contributed by atoms with Crippen LogP contribution >= 0.6 is 7.82 Å². The minimum Gasteiger partial charge on any atom is -0.227 e. The fraction of sp³-hybridized carbons (Fsp3) is 1.00. The molecule has 0 radical (unpaired) electrons. The molecule has 0 unspecified atom stereocenters. The van der Waals surface area contributed by atoms with E-state index < -0.39 is 13.8 Å². The third-order valence-electron chi connectivity index (χ3n) is 1.19. The monoisotopic (exact) mass is 136 g/mol. The number of phosphoric ester groups is 1. The summed E-state index contributed by atoms with van der Waals surface area (Å²) in [7, 11) is -2.90. The van der Waals surface area contributed by atoms with Crippen molar-refractivity contribution in [2.75, 3.05) is 0 Å². The highest BCUT2D eigenvalue weighted by Gasteiger charge is 2.73. The highest BCUT2D eigenvalue weighted by molar-refractivity contribution is 7.51. The Labute approximate surface area is 46.3 Å². The van der Waals surface area contributed by atoms with Gasteiger partial charge in [0.2, 0.25) is 0 Å². The van der Waals surface area contributed by atoms with E-state index in [0.717, 1.165) is 0 Å². The van der Waals surface area contributed by atoms with Crippen LogP contribution in [-0.4, -0.2) is 5.97 Å². The van der Waals surface area contributed by atoms with Crippen molar-refractivity contribution < 1.29 is 18.1 Å².